The highest BCUT2D eigenvalue weighted by Gasteiger charge is 2.33. The van der Waals surface area contributed by atoms with Gasteiger partial charge in [0.05, 0.1) is 0 Å². The topological polar surface area (TPSA) is 4.36 Å². The number of rotatable bonds is 4. The lowest BCUT2D eigenvalue weighted by molar-refractivity contribution is 0.194. The lowest BCUT2D eigenvalue weighted by atomic mass is 9.73. The van der Waals surface area contributed by atoms with Gasteiger partial charge in [-0.25, -0.2) is 6.57 Å². The molecule has 0 radical (unpaired) electrons. The van der Waals surface area contributed by atoms with E-state index in [2.05, 4.69) is 32.5 Å². The molecule has 0 saturated carbocycles. The molecule has 0 N–H and O–H groups in total. The molecule has 0 fully saturated rings. The summed E-state index contributed by atoms with van der Waals surface area (Å²) < 4.78 is 0. The van der Waals surface area contributed by atoms with Crippen LogP contribution in [0.15, 0.2) is 0 Å². The summed E-state index contributed by atoms with van der Waals surface area (Å²) in [7, 11) is 0. The maximum Gasteiger partial charge on any atom is 0.220 e. The lowest BCUT2D eigenvalue weighted by Gasteiger charge is -2.30. The Kier molecular flexibility index (Phi) is 4.18. The highest BCUT2D eigenvalue weighted by atomic mass is 14.7. The summed E-state index contributed by atoms with van der Waals surface area (Å²) in [6.07, 6.45) is 2.26. The van der Waals surface area contributed by atoms with Crippen molar-refractivity contribution in [2.24, 2.45) is 11.3 Å². The van der Waals surface area contributed by atoms with Gasteiger partial charge < -0.3 is 4.85 Å². The first-order valence-electron chi connectivity index (χ1n) is 4.46. The van der Waals surface area contributed by atoms with Crippen LogP contribution in [0.4, 0.5) is 0 Å². The smallest absolute Gasteiger partial charge is 0.220 e. The fourth-order valence-electron chi connectivity index (χ4n) is 1.63. The zero-order valence-electron chi connectivity index (χ0n) is 8.15. The van der Waals surface area contributed by atoms with Crippen LogP contribution in [0, 0.1) is 17.9 Å². The average Bonchev–Trinajstić information content (AvgIpc) is 2.00. The van der Waals surface area contributed by atoms with Gasteiger partial charge in [0.25, 0.3) is 0 Å². The van der Waals surface area contributed by atoms with Gasteiger partial charge in [-0.05, 0) is 18.8 Å². The Bertz CT molecular complexity index is 137. The van der Waals surface area contributed by atoms with Crippen LogP contribution in [0.3, 0.4) is 0 Å². The van der Waals surface area contributed by atoms with E-state index in [4.69, 9.17) is 6.57 Å². The molecular formula is C10H19N. The minimum atomic E-state index is 0.280. The molecule has 0 unspecified atom stereocenters. The summed E-state index contributed by atoms with van der Waals surface area (Å²) in [4.78, 5) is 3.52. The molecule has 0 aliphatic carbocycles. The normalized spacial score (nSPS) is 11.6. The van der Waals surface area contributed by atoms with Crippen LogP contribution in [0.1, 0.15) is 40.5 Å². The molecule has 0 atom stereocenters. The van der Waals surface area contributed by atoms with E-state index >= 15 is 0 Å². The molecule has 64 valence electrons. The van der Waals surface area contributed by atoms with Crippen molar-refractivity contribution in [3.8, 4) is 0 Å². The SMILES string of the molecule is [C-]#[N+]CC(CC)(CC)C(C)C. The molecule has 0 rings (SSSR count). The second-order valence-electron chi connectivity index (χ2n) is 3.54. The molecule has 0 aliphatic rings. The third-order valence-electron chi connectivity index (χ3n) is 3.03. The Morgan fingerprint density at radius 2 is 1.73 bits per heavy atom. The Balaban J connectivity index is 4.35. The predicted octanol–water partition coefficient (Wildman–Crippen LogP) is 3.37. The van der Waals surface area contributed by atoms with Crippen molar-refractivity contribution in [1.82, 2.24) is 0 Å². The first-order valence-corrected chi connectivity index (χ1v) is 4.46. The summed E-state index contributed by atoms with van der Waals surface area (Å²) in [5, 5.41) is 0. The van der Waals surface area contributed by atoms with Crippen LogP contribution in [0.25, 0.3) is 4.85 Å². The summed E-state index contributed by atoms with van der Waals surface area (Å²) in [5.41, 5.74) is 0.280. The van der Waals surface area contributed by atoms with Gasteiger partial charge in [-0.1, -0.05) is 27.7 Å². The first kappa shape index (κ1) is 10.5. The third kappa shape index (κ3) is 2.22. The van der Waals surface area contributed by atoms with Gasteiger partial charge in [-0.15, -0.1) is 0 Å². The van der Waals surface area contributed by atoms with E-state index in [1.54, 1.807) is 0 Å². The number of hydrogen-bond donors (Lipinski definition) is 0. The Morgan fingerprint density at radius 3 is 1.82 bits per heavy atom. The maximum absolute atomic E-state index is 6.88. The van der Waals surface area contributed by atoms with E-state index in [0.29, 0.717) is 12.5 Å². The van der Waals surface area contributed by atoms with Crippen molar-refractivity contribution in [1.29, 1.82) is 0 Å². The zero-order valence-corrected chi connectivity index (χ0v) is 8.15. The molecule has 0 aliphatic heterocycles. The maximum atomic E-state index is 6.88. The van der Waals surface area contributed by atoms with Crippen molar-refractivity contribution in [2.45, 2.75) is 40.5 Å². The zero-order chi connectivity index (χ0) is 8.91. The summed E-state index contributed by atoms with van der Waals surface area (Å²) in [6, 6.07) is 0. The van der Waals surface area contributed by atoms with E-state index < -0.39 is 0 Å². The summed E-state index contributed by atoms with van der Waals surface area (Å²) in [6.45, 7) is 16.4. The molecule has 0 aromatic rings. The third-order valence-corrected chi connectivity index (χ3v) is 3.03. The second-order valence-corrected chi connectivity index (χ2v) is 3.54. The van der Waals surface area contributed by atoms with Gasteiger partial charge in [0.2, 0.25) is 6.54 Å². The number of nitrogens with zero attached hydrogens (tertiary/aromatic N) is 1. The predicted molar refractivity (Wildman–Crippen MR) is 49.3 cm³/mol. The van der Waals surface area contributed by atoms with Gasteiger partial charge in [0, 0.05) is 5.41 Å². The molecule has 1 heteroatoms. The van der Waals surface area contributed by atoms with Crippen molar-refractivity contribution >= 4 is 0 Å². The fraction of sp³-hybridized carbons (Fsp3) is 0.900. The molecule has 0 spiro atoms. The van der Waals surface area contributed by atoms with Crippen LogP contribution in [-0.2, 0) is 0 Å². The lowest BCUT2D eigenvalue weighted by Crippen LogP contribution is -2.28. The minimum absolute atomic E-state index is 0.280. The summed E-state index contributed by atoms with van der Waals surface area (Å²) >= 11 is 0. The van der Waals surface area contributed by atoms with Crippen LogP contribution in [-0.4, -0.2) is 6.54 Å². The molecule has 1 nitrogen and oxygen atoms in total. The van der Waals surface area contributed by atoms with Crippen LogP contribution < -0.4 is 0 Å². The summed E-state index contributed by atoms with van der Waals surface area (Å²) in [5.74, 6) is 0.631. The van der Waals surface area contributed by atoms with E-state index in [0.717, 1.165) is 12.8 Å². The highest BCUT2D eigenvalue weighted by molar-refractivity contribution is 4.86. The molecule has 0 aromatic carbocycles. The van der Waals surface area contributed by atoms with Crippen LogP contribution >= 0.6 is 0 Å². The van der Waals surface area contributed by atoms with Gasteiger partial charge in [-0.2, -0.15) is 0 Å². The van der Waals surface area contributed by atoms with Gasteiger partial charge in [0.15, 0.2) is 0 Å². The van der Waals surface area contributed by atoms with Crippen LogP contribution in [0.2, 0.25) is 0 Å². The standard InChI is InChI=1S/C10H19N/c1-6-10(7-2,8-11-5)9(3)4/h9H,6-8H2,1-4H3. The van der Waals surface area contributed by atoms with Crippen molar-refractivity contribution in [3.05, 3.63) is 11.4 Å². The van der Waals surface area contributed by atoms with Gasteiger partial charge in [-0.3, -0.25) is 0 Å². The average molecular weight is 153 g/mol. The number of hydrogen-bond acceptors (Lipinski definition) is 0. The Hall–Kier alpha value is -0.510. The van der Waals surface area contributed by atoms with Crippen molar-refractivity contribution in [2.75, 3.05) is 6.54 Å². The fourth-order valence-corrected chi connectivity index (χ4v) is 1.63. The van der Waals surface area contributed by atoms with E-state index in [1.807, 2.05) is 0 Å². The molecule has 0 heterocycles. The monoisotopic (exact) mass is 153 g/mol. The Morgan fingerprint density at radius 1 is 1.27 bits per heavy atom. The van der Waals surface area contributed by atoms with E-state index in [-0.39, 0.29) is 5.41 Å². The molecule has 0 aromatic heterocycles. The quantitative estimate of drug-likeness (QED) is 0.545. The van der Waals surface area contributed by atoms with E-state index in [9.17, 15) is 0 Å². The Labute approximate surface area is 70.6 Å². The molecule has 0 saturated heterocycles. The minimum Gasteiger partial charge on any atom is -0.316 e. The van der Waals surface area contributed by atoms with Gasteiger partial charge in [0.1, 0.15) is 0 Å². The molecule has 0 amide bonds. The van der Waals surface area contributed by atoms with Crippen LogP contribution in [0.5, 0.6) is 0 Å². The first-order chi connectivity index (χ1) is 5.13. The molecule has 11 heavy (non-hydrogen) atoms. The molecular weight excluding hydrogens is 134 g/mol. The van der Waals surface area contributed by atoms with Crippen molar-refractivity contribution < 1.29 is 0 Å². The van der Waals surface area contributed by atoms with E-state index in [1.165, 1.54) is 0 Å². The van der Waals surface area contributed by atoms with Crippen molar-refractivity contribution in [3.63, 3.8) is 0 Å². The van der Waals surface area contributed by atoms with Gasteiger partial charge >= 0.3 is 0 Å². The molecule has 0 bridgehead atoms. The second kappa shape index (κ2) is 4.38. The highest BCUT2D eigenvalue weighted by Crippen LogP contribution is 2.35. The largest absolute Gasteiger partial charge is 0.316 e.